The molecule has 1 fully saturated rings. The fourth-order valence-electron chi connectivity index (χ4n) is 3.49. The van der Waals surface area contributed by atoms with E-state index in [1.165, 1.54) is 32.1 Å². The summed E-state index contributed by atoms with van der Waals surface area (Å²) in [6.07, 6.45) is 7.29. The molecule has 1 aliphatic carbocycles. The number of rotatable bonds is 5. The maximum atomic E-state index is 5.92. The van der Waals surface area contributed by atoms with Crippen molar-refractivity contribution in [2.45, 2.75) is 78.1 Å². The molecule has 1 aliphatic rings. The fourth-order valence-corrected chi connectivity index (χ4v) is 3.49. The summed E-state index contributed by atoms with van der Waals surface area (Å²) in [5.74, 6) is 3.13. The third-order valence-electron chi connectivity index (χ3n) is 4.68. The molecule has 3 unspecified atom stereocenters. The molecule has 2 rings (SSSR count). The Labute approximate surface area is 128 Å². The third kappa shape index (κ3) is 4.53. The number of nitrogens with two attached hydrogens (primary N) is 1. The molecule has 2 N–H and O–H groups in total. The molecule has 0 bridgehead atoms. The molecule has 4 heteroatoms. The summed E-state index contributed by atoms with van der Waals surface area (Å²) >= 11 is 0. The van der Waals surface area contributed by atoms with E-state index in [9.17, 15) is 0 Å². The summed E-state index contributed by atoms with van der Waals surface area (Å²) in [5, 5.41) is 4.27. The number of aromatic nitrogens is 2. The summed E-state index contributed by atoms with van der Waals surface area (Å²) in [7, 11) is 0. The zero-order valence-electron chi connectivity index (χ0n) is 14.1. The first kappa shape index (κ1) is 16.5. The van der Waals surface area contributed by atoms with Gasteiger partial charge in [-0.15, -0.1) is 0 Å². The Morgan fingerprint density at radius 2 is 2.10 bits per heavy atom. The maximum absolute atomic E-state index is 5.92. The van der Waals surface area contributed by atoms with Crippen LogP contribution in [0.4, 0.5) is 0 Å². The van der Waals surface area contributed by atoms with Crippen molar-refractivity contribution in [1.29, 1.82) is 0 Å². The minimum atomic E-state index is 0.178. The standard InChI is InChI=1S/C17H31N3O/c1-5-12-7-6-8-13(9-12)15-19-16(21-20-15)14(11-18)10-17(2,3)4/h12-14H,5-11,18H2,1-4H3. The summed E-state index contributed by atoms with van der Waals surface area (Å²) in [4.78, 5) is 4.70. The molecule has 120 valence electrons. The van der Waals surface area contributed by atoms with Gasteiger partial charge < -0.3 is 10.3 Å². The molecule has 0 aliphatic heterocycles. The van der Waals surface area contributed by atoms with E-state index in [0.29, 0.717) is 12.5 Å². The lowest BCUT2D eigenvalue weighted by atomic mass is 9.80. The van der Waals surface area contributed by atoms with Crippen LogP contribution in [0.3, 0.4) is 0 Å². The molecule has 0 amide bonds. The molecule has 1 aromatic rings. The highest BCUT2D eigenvalue weighted by atomic mass is 16.5. The van der Waals surface area contributed by atoms with Crippen LogP contribution in [0.15, 0.2) is 4.52 Å². The first-order valence-corrected chi connectivity index (χ1v) is 8.46. The Bertz CT molecular complexity index is 435. The van der Waals surface area contributed by atoms with E-state index < -0.39 is 0 Å². The molecule has 1 aromatic heterocycles. The van der Waals surface area contributed by atoms with Crippen LogP contribution >= 0.6 is 0 Å². The van der Waals surface area contributed by atoms with Crippen molar-refractivity contribution in [3.8, 4) is 0 Å². The third-order valence-corrected chi connectivity index (χ3v) is 4.68. The van der Waals surface area contributed by atoms with Crippen molar-refractivity contribution in [3.63, 3.8) is 0 Å². The van der Waals surface area contributed by atoms with Crippen LogP contribution in [0.25, 0.3) is 0 Å². The first-order chi connectivity index (χ1) is 9.93. The average Bonchev–Trinajstić information content (AvgIpc) is 2.93. The van der Waals surface area contributed by atoms with Gasteiger partial charge in [0, 0.05) is 12.5 Å². The second kappa shape index (κ2) is 6.91. The van der Waals surface area contributed by atoms with Gasteiger partial charge in [-0.2, -0.15) is 4.98 Å². The first-order valence-electron chi connectivity index (χ1n) is 8.46. The Hall–Kier alpha value is -0.900. The van der Waals surface area contributed by atoms with E-state index in [-0.39, 0.29) is 11.3 Å². The molecule has 4 nitrogen and oxygen atoms in total. The minimum absolute atomic E-state index is 0.178. The van der Waals surface area contributed by atoms with E-state index in [1.54, 1.807) is 0 Å². The van der Waals surface area contributed by atoms with Crippen LogP contribution in [0.5, 0.6) is 0 Å². The van der Waals surface area contributed by atoms with Crippen molar-refractivity contribution >= 4 is 0 Å². The van der Waals surface area contributed by atoms with Crippen LogP contribution < -0.4 is 5.73 Å². The number of hydrogen-bond donors (Lipinski definition) is 1. The van der Waals surface area contributed by atoms with E-state index in [1.807, 2.05) is 0 Å². The zero-order chi connectivity index (χ0) is 15.5. The summed E-state index contributed by atoms with van der Waals surface area (Å²) in [5.41, 5.74) is 6.13. The highest BCUT2D eigenvalue weighted by molar-refractivity contribution is 5.02. The van der Waals surface area contributed by atoms with Gasteiger partial charge in [-0.1, -0.05) is 52.1 Å². The second-order valence-corrected chi connectivity index (χ2v) is 7.83. The van der Waals surface area contributed by atoms with Crippen LogP contribution in [0.1, 0.15) is 89.8 Å². The van der Waals surface area contributed by atoms with Crippen LogP contribution in [0, 0.1) is 11.3 Å². The molecular weight excluding hydrogens is 262 g/mol. The normalized spacial score (nSPS) is 25.0. The molecule has 1 saturated carbocycles. The summed E-state index contributed by atoms with van der Waals surface area (Å²) in [6, 6.07) is 0. The molecule has 0 aromatic carbocycles. The highest BCUT2D eigenvalue weighted by Gasteiger charge is 2.28. The molecular formula is C17H31N3O. The van der Waals surface area contributed by atoms with Gasteiger partial charge in [0.2, 0.25) is 5.89 Å². The van der Waals surface area contributed by atoms with Gasteiger partial charge in [0.15, 0.2) is 5.82 Å². The SMILES string of the molecule is CCC1CCCC(c2noc(C(CN)CC(C)(C)C)n2)C1. The van der Waals surface area contributed by atoms with Crippen molar-refractivity contribution in [3.05, 3.63) is 11.7 Å². The number of nitrogens with zero attached hydrogens (tertiary/aromatic N) is 2. The lowest BCUT2D eigenvalue weighted by molar-refractivity contribution is 0.279. The van der Waals surface area contributed by atoms with Crippen LogP contribution in [-0.2, 0) is 0 Å². The largest absolute Gasteiger partial charge is 0.339 e. The Morgan fingerprint density at radius 1 is 1.33 bits per heavy atom. The fraction of sp³-hybridized carbons (Fsp3) is 0.882. The van der Waals surface area contributed by atoms with E-state index >= 15 is 0 Å². The van der Waals surface area contributed by atoms with Crippen LogP contribution in [0.2, 0.25) is 0 Å². The molecule has 3 atom stereocenters. The Balaban J connectivity index is 2.06. The predicted molar refractivity (Wildman–Crippen MR) is 85.2 cm³/mol. The molecule has 0 saturated heterocycles. The van der Waals surface area contributed by atoms with Gasteiger partial charge >= 0.3 is 0 Å². The van der Waals surface area contributed by atoms with Gasteiger partial charge in [0.05, 0.1) is 5.92 Å². The Morgan fingerprint density at radius 3 is 2.71 bits per heavy atom. The lowest BCUT2D eigenvalue weighted by Gasteiger charge is -2.26. The van der Waals surface area contributed by atoms with Gasteiger partial charge in [0.25, 0.3) is 0 Å². The topological polar surface area (TPSA) is 64.9 Å². The monoisotopic (exact) mass is 293 g/mol. The number of hydrogen-bond acceptors (Lipinski definition) is 4. The predicted octanol–water partition coefficient (Wildman–Crippen LogP) is 4.23. The lowest BCUT2D eigenvalue weighted by Crippen LogP contribution is -2.20. The highest BCUT2D eigenvalue weighted by Crippen LogP contribution is 2.37. The molecule has 0 radical (unpaired) electrons. The van der Waals surface area contributed by atoms with Crippen molar-refractivity contribution in [1.82, 2.24) is 10.1 Å². The molecule has 21 heavy (non-hydrogen) atoms. The summed E-state index contributed by atoms with van der Waals surface area (Å²) < 4.78 is 5.54. The average molecular weight is 293 g/mol. The smallest absolute Gasteiger partial charge is 0.231 e. The van der Waals surface area contributed by atoms with E-state index in [0.717, 1.165) is 24.1 Å². The maximum Gasteiger partial charge on any atom is 0.231 e. The van der Waals surface area contributed by atoms with Gasteiger partial charge in [0.1, 0.15) is 0 Å². The summed E-state index contributed by atoms with van der Waals surface area (Å²) in [6.45, 7) is 9.52. The van der Waals surface area contributed by atoms with Crippen molar-refractivity contribution in [2.75, 3.05) is 6.54 Å². The second-order valence-electron chi connectivity index (χ2n) is 7.83. The Kier molecular flexibility index (Phi) is 5.42. The van der Waals surface area contributed by atoms with Crippen molar-refractivity contribution in [2.24, 2.45) is 17.1 Å². The minimum Gasteiger partial charge on any atom is -0.339 e. The quantitative estimate of drug-likeness (QED) is 0.882. The van der Waals surface area contributed by atoms with Crippen molar-refractivity contribution < 1.29 is 4.52 Å². The van der Waals surface area contributed by atoms with E-state index in [2.05, 4.69) is 32.9 Å². The molecule has 0 spiro atoms. The van der Waals surface area contributed by atoms with Crippen LogP contribution in [-0.4, -0.2) is 16.7 Å². The van der Waals surface area contributed by atoms with Gasteiger partial charge in [-0.25, -0.2) is 0 Å². The molecule has 1 heterocycles. The van der Waals surface area contributed by atoms with Gasteiger partial charge in [-0.05, 0) is 30.6 Å². The van der Waals surface area contributed by atoms with Gasteiger partial charge in [-0.3, -0.25) is 0 Å². The van der Waals surface area contributed by atoms with E-state index in [4.69, 9.17) is 15.2 Å². The zero-order valence-corrected chi connectivity index (χ0v) is 14.1.